The van der Waals surface area contributed by atoms with Crippen LogP contribution in [0.5, 0.6) is 0 Å². The number of thioether (sulfide) groups is 1. The third-order valence-corrected chi connectivity index (χ3v) is 8.65. The second-order valence-corrected chi connectivity index (χ2v) is 10.9. The molecular formula is C29H24N4O2S2. The quantitative estimate of drug-likeness (QED) is 0.133. The maximum Gasteiger partial charge on any atom is 0.267 e. The van der Waals surface area contributed by atoms with Crippen LogP contribution in [0.3, 0.4) is 0 Å². The molecule has 1 aliphatic rings. The molecule has 184 valence electrons. The molecule has 6 rings (SSSR count). The highest BCUT2D eigenvalue weighted by molar-refractivity contribution is 7.99. The van der Waals surface area contributed by atoms with Crippen molar-refractivity contribution in [3.8, 4) is 5.69 Å². The van der Waals surface area contributed by atoms with E-state index in [0.29, 0.717) is 5.16 Å². The van der Waals surface area contributed by atoms with Crippen molar-refractivity contribution in [2.24, 2.45) is 5.10 Å². The number of hydrazone groups is 1. The van der Waals surface area contributed by atoms with Crippen LogP contribution in [0, 0.1) is 0 Å². The number of hydrogen-bond donors (Lipinski definition) is 1. The van der Waals surface area contributed by atoms with Gasteiger partial charge in [-0.2, -0.15) is 5.10 Å². The summed E-state index contributed by atoms with van der Waals surface area (Å²) in [6.45, 7) is 0. The molecule has 1 aliphatic carbocycles. The molecule has 0 saturated carbocycles. The monoisotopic (exact) mass is 524 g/mol. The van der Waals surface area contributed by atoms with Crippen molar-refractivity contribution in [3.05, 3.63) is 99.2 Å². The molecule has 6 nitrogen and oxygen atoms in total. The summed E-state index contributed by atoms with van der Waals surface area (Å²) in [7, 11) is 0. The first kappa shape index (κ1) is 23.6. The predicted octanol–water partition coefficient (Wildman–Crippen LogP) is 5.72. The number of amides is 1. The zero-order valence-electron chi connectivity index (χ0n) is 20.0. The van der Waals surface area contributed by atoms with Crippen molar-refractivity contribution in [2.75, 3.05) is 5.75 Å². The number of fused-ring (bicyclic) bond motifs is 4. The topological polar surface area (TPSA) is 76.3 Å². The SMILES string of the molecule is O=C(CSc1nc2sc3c(c2c(=O)n1-c1ccccc1)CCCC3)N/N=C\c1cccc2ccccc12. The molecule has 3 aromatic carbocycles. The van der Waals surface area contributed by atoms with Crippen molar-refractivity contribution in [1.82, 2.24) is 15.0 Å². The Morgan fingerprint density at radius 2 is 1.81 bits per heavy atom. The second kappa shape index (κ2) is 10.3. The largest absolute Gasteiger partial charge is 0.272 e. The van der Waals surface area contributed by atoms with Gasteiger partial charge < -0.3 is 0 Å². The third-order valence-electron chi connectivity index (χ3n) is 6.52. The zero-order valence-corrected chi connectivity index (χ0v) is 21.6. The van der Waals surface area contributed by atoms with Crippen LogP contribution in [0.1, 0.15) is 28.8 Å². The first-order valence-corrected chi connectivity index (χ1v) is 14.0. The first-order valence-electron chi connectivity index (χ1n) is 12.2. The lowest BCUT2D eigenvalue weighted by atomic mass is 9.97. The number of benzene rings is 3. The minimum absolute atomic E-state index is 0.0625. The van der Waals surface area contributed by atoms with Gasteiger partial charge in [-0.3, -0.25) is 14.2 Å². The maximum absolute atomic E-state index is 13.8. The first-order chi connectivity index (χ1) is 18.2. The summed E-state index contributed by atoms with van der Waals surface area (Å²) >= 11 is 2.86. The van der Waals surface area contributed by atoms with Crippen molar-refractivity contribution in [1.29, 1.82) is 0 Å². The smallest absolute Gasteiger partial charge is 0.267 e. The predicted molar refractivity (Wildman–Crippen MR) is 152 cm³/mol. The molecule has 37 heavy (non-hydrogen) atoms. The van der Waals surface area contributed by atoms with Gasteiger partial charge in [0.05, 0.1) is 23.0 Å². The molecule has 0 aliphatic heterocycles. The summed E-state index contributed by atoms with van der Waals surface area (Å²) in [5.41, 5.74) is 5.38. The number of thiophene rings is 1. The molecule has 0 saturated heterocycles. The Morgan fingerprint density at radius 3 is 2.70 bits per heavy atom. The van der Waals surface area contributed by atoms with Crippen molar-refractivity contribution >= 4 is 56.2 Å². The molecule has 0 bridgehead atoms. The molecule has 5 aromatic rings. The van der Waals surface area contributed by atoms with Crippen molar-refractivity contribution in [2.45, 2.75) is 30.8 Å². The van der Waals surface area contributed by atoms with Gasteiger partial charge in [-0.05, 0) is 54.2 Å². The van der Waals surface area contributed by atoms with Crippen LogP contribution in [0.4, 0.5) is 0 Å². The minimum Gasteiger partial charge on any atom is -0.272 e. The summed E-state index contributed by atoms with van der Waals surface area (Å²) in [5, 5.41) is 7.60. The molecule has 0 fully saturated rings. The number of carbonyl (C=O) groups excluding carboxylic acids is 1. The number of carbonyl (C=O) groups is 1. The van der Waals surface area contributed by atoms with E-state index < -0.39 is 0 Å². The number of para-hydroxylation sites is 1. The summed E-state index contributed by atoms with van der Waals surface area (Å²) in [6, 6.07) is 23.5. The molecule has 1 amide bonds. The highest BCUT2D eigenvalue weighted by Gasteiger charge is 2.23. The van der Waals surface area contributed by atoms with E-state index in [2.05, 4.69) is 10.5 Å². The van der Waals surface area contributed by atoms with E-state index in [0.717, 1.165) is 63.5 Å². The molecule has 2 heterocycles. The van der Waals surface area contributed by atoms with Gasteiger partial charge in [0.25, 0.3) is 11.5 Å². The third kappa shape index (κ3) is 4.70. The number of nitrogens with zero attached hydrogens (tertiary/aromatic N) is 3. The Morgan fingerprint density at radius 1 is 1.03 bits per heavy atom. The molecule has 0 spiro atoms. The number of hydrogen-bond acceptors (Lipinski definition) is 6. The van der Waals surface area contributed by atoms with Gasteiger partial charge in [0.15, 0.2) is 5.16 Å². The van der Waals surface area contributed by atoms with Gasteiger partial charge in [0, 0.05) is 10.4 Å². The van der Waals surface area contributed by atoms with Crippen LogP contribution in [0.15, 0.2) is 87.8 Å². The molecule has 8 heteroatoms. The molecule has 0 unspecified atom stereocenters. The highest BCUT2D eigenvalue weighted by Crippen LogP contribution is 2.35. The van der Waals surface area contributed by atoms with E-state index in [1.54, 1.807) is 22.1 Å². The minimum atomic E-state index is -0.263. The van der Waals surface area contributed by atoms with E-state index in [1.807, 2.05) is 72.8 Å². The number of rotatable bonds is 6. The fourth-order valence-electron chi connectivity index (χ4n) is 4.79. The molecule has 2 aromatic heterocycles. The van der Waals surface area contributed by atoms with Crippen LogP contribution < -0.4 is 11.0 Å². The van der Waals surface area contributed by atoms with Crippen molar-refractivity contribution in [3.63, 3.8) is 0 Å². The zero-order chi connectivity index (χ0) is 25.2. The van der Waals surface area contributed by atoms with Crippen LogP contribution in [0.2, 0.25) is 0 Å². The van der Waals surface area contributed by atoms with Crippen LogP contribution in [0.25, 0.3) is 26.7 Å². The Labute approximate surface area is 222 Å². The summed E-state index contributed by atoms with van der Waals surface area (Å²) in [6.07, 6.45) is 5.82. The molecule has 1 N–H and O–H groups in total. The standard InChI is InChI=1S/C29H24N4O2S2/c34-25(32-30-17-20-11-8-10-19-9-4-5-14-22(19)20)18-36-29-31-27-26(23-15-6-7-16-24(23)37-27)28(35)33(29)21-12-2-1-3-13-21/h1-5,8-14,17H,6-7,15-16,18H2,(H,32,34)/b30-17-. The Kier molecular flexibility index (Phi) is 6.59. The fraction of sp³-hybridized carbons (Fsp3) is 0.172. The Bertz CT molecular complexity index is 1700. The van der Waals surface area contributed by atoms with Crippen LogP contribution in [-0.2, 0) is 17.6 Å². The summed E-state index contributed by atoms with van der Waals surface area (Å²) in [4.78, 5) is 33.3. The van der Waals surface area contributed by atoms with Gasteiger partial charge in [0.1, 0.15) is 4.83 Å². The lowest BCUT2D eigenvalue weighted by Crippen LogP contribution is -2.24. The average molecular weight is 525 g/mol. The normalized spacial score (nSPS) is 13.3. The van der Waals surface area contributed by atoms with E-state index in [-0.39, 0.29) is 17.2 Å². The summed E-state index contributed by atoms with van der Waals surface area (Å²) < 4.78 is 1.64. The van der Waals surface area contributed by atoms with Crippen LogP contribution >= 0.6 is 23.1 Å². The van der Waals surface area contributed by atoms with E-state index in [4.69, 9.17) is 4.98 Å². The second-order valence-electron chi connectivity index (χ2n) is 8.91. The van der Waals surface area contributed by atoms with Gasteiger partial charge in [-0.25, -0.2) is 10.4 Å². The maximum atomic E-state index is 13.8. The van der Waals surface area contributed by atoms with Crippen molar-refractivity contribution < 1.29 is 4.79 Å². The average Bonchev–Trinajstić information content (AvgIpc) is 3.31. The molecule has 0 atom stereocenters. The van der Waals surface area contributed by atoms with E-state index in [1.165, 1.54) is 16.6 Å². The van der Waals surface area contributed by atoms with Crippen LogP contribution in [-0.4, -0.2) is 27.4 Å². The lowest BCUT2D eigenvalue weighted by Gasteiger charge is -2.13. The fourth-order valence-corrected chi connectivity index (χ4v) is 6.89. The van der Waals surface area contributed by atoms with Gasteiger partial charge in [-0.1, -0.05) is 72.4 Å². The van der Waals surface area contributed by atoms with Gasteiger partial charge >= 0.3 is 0 Å². The Balaban J connectivity index is 1.26. The summed E-state index contributed by atoms with van der Waals surface area (Å²) in [5.74, 6) is -0.177. The Hall–Kier alpha value is -3.75. The van der Waals surface area contributed by atoms with Gasteiger partial charge in [-0.15, -0.1) is 11.3 Å². The number of nitrogens with one attached hydrogen (secondary N) is 1. The van der Waals surface area contributed by atoms with E-state index in [9.17, 15) is 9.59 Å². The van der Waals surface area contributed by atoms with E-state index >= 15 is 0 Å². The lowest BCUT2D eigenvalue weighted by molar-refractivity contribution is -0.118. The molecular weight excluding hydrogens is 500 g/mol. The van der Waals surface area contributed by atoms with Gasteiger partial charge in [0.2, 0.25) is 0 Å². The molecule has 0 radical (unpaired) electrons. The number of aryl methyl sites for hydroxylation is 2. The highest BCUT2D eigenvalue weighted by atomic mass is 32.2. The number of aromatic nitrogens is 2.